The highest BCUT2D eigenvalue weighted by molar-refractivity contribution is 6.35. The maximum Gasteiger partial charge on any atom is 0.0994 e. The van der Waals surface area contributed by atoms with Crippen molar-refractivity contribution in [2.24, 2.45) is 4.99 Å². The molecule has 3 aromatic heterocycles. The number of hydrogen-bond donors (Lipinski definition) is 0. The highest BCUT2D eigenvalue weighted by Gasteiger charge is 2.26. The minimum atomic E-state index is 0.901. The van der Waals surface area contributed by atoms with Gasteiger partial charge in [-0.3, -0.25) is 15.0 Å². The summed E-state index contributed by atoms with van der Waals surface area (Å²) in [5, 5.41) is 4.48. The Balaban J connectivity index is 1.74. The zero-order valence-corrected chi connectivity index (χ0v) is 22.5. The number of benzene rings is 5. The molecular weight excluding hydrogens is 502 g/mol. The molecule has 0 bridgehead atoms. The van der Waals surface area contributed by atoms with Gasteiger partial charge in [0, 0.05) is 51.4 Å². The number of aryl methyl sites for hydroxylation is 1. The maximum absolute atomic E-state index is 4.97. The van der Waals surface area contributed by atoms with Gasteiger partial charge in [-0.25, -0.2) is 0 Å². The second-order valence-corrected chi connectivity index (χ2v) is 10.2. The summed E-state index contributed by atoms with van der Waals surface area (Å²) in [6.45, 7) is 5.82. The van der Waals surface area contributed by atoms with E-state index in [0.717, 1.165) is 77.1 Å². The van der Waals surface area contributed by atoms with Crippen molar-refractivity contribution in [1.82, 2.24) is 19.1 Å². The molecule has 0 unspecified atom stereocenters. The second kappa shape index (κ2) is 9.00. The molecule has 0 fully saturated rings. The quantitative estimate of drug-likeness (QED) is 0.215. The van der Waals surface area contributed by atoms with Crippen molar-refractivity contribution >= 4 is 67.4 Å². The molecule has 3 heterocycles. The lowest BCUT2D eigenvalue weighted by Crippen LogP contribution is -2.02. The van der Waals surface area contributed by atoms with E-state index in [2.05, 4.69) is 125 Å². The van der Waals surface area contributed by atoms with E-state index in [1.165, 1.54) is 0 Å². The van der Waals surface area contributed by atoms with Gasteiger partial charge >= 0.3 is 0 Å². The van der Waals surface area contributed by atoms with E-state index in [1.54, 1.807) is 18.6 Å². The first-order valence-electron chi connectivity index (χ1n) is 13.6. The van der Waals surface area contributed by atoms with Crippen LogP contribution in [0.4, 0.5) is 0 Å². The lowest BCUT2D eigenvalue weighted by molar-refractivity contribution is 1.14. The van der Waals surface area contributed by atoms with Gasteiger partial charge in [0.1, 0.15) is 0 Å². The Bertz CT molecular complexity index is 2340. The number of aliphatic imine (C=N–C) groups is 1. The summed E-state index contributed by atoms with van der Waals surface area (Å²) < 4.78 is 4.78. The molecular formula is C36H25N5. The molecule has 0 N–H and O–H groups in total. The van der Waals surface area contributed by atoms with Gasteiger partial charge in [0.25, 0.3) is 0 Å². The van der Waals surface area contributed by atoms with Crippen molar-refractivity contribution in [2.75, 3.05) is 0 Å². The summed E-state index contributed by atoms with van der Waals surface area (Å²) >= 11 is 0. The van der Waals surface area contributed by atoms with Crippen molar-refractivity contribution < 1.29 is 0 Å². The highest BCUT2D eigenvalue weighted by Crippen LogP contribution is 2.45. The molecule has 5 heteroatoms. The van der Waals surface area contributed by atoms with Gasteiger partial charge < -0.3 is 9.13 Å². The molecule has 0 radical (unpaired) electrons. The van der Waals surface area contributed by atoms with E-state index in [0.29, 0.717) is 0 Å². The lowest BCUT2D eigenvalue weighted by atomic mass is 10.0. The third-order valence-electron chi connectivity index (χ3n) is 8.05. The molecule has 0 aliphatic heterocycles. The van der Waals surface area contributed by atoms with Crippen molar-refractivity contribution in [3.8, 4) is 11.4 Å². The molecule has 0 atom stereocenters. The van der Waals surface area contributed by atoms with Crippen LogP contribution in [0.2, 0.25) is 0 Å². The zero-order chi connectivity index (χ0) is 27.5. The first-order chi connectivity index (χ1) is 20.3. The molecule has 41 heavy (non-hydrogen) atoms. The fourth-order valence-electron chi connectivity index (χ4n) is 6.41. The van der Waals surface area contributed by atoms with Gasteiger partial charge in [0.2, 0.25) is 0 Å². The molecule has 0 spiro atoms. The first-order valence-corrected chi connectivity index (χ1v) is 13.6. The van der Waals surface area contributed by atoms with Gasteiger partial charge in [0.05, 0.1) is 38.8 Å². The summed E-state index contributed by atoms with van der Waals surface area (Å²) in [7, 11) is 0. The van der Waals surface area contributed by atoms with Crippen LogP contribution in [0.15, 0.2) is 121 Å². The Kier molecular flexibility index (Phi) is 5.12. The van der Waals surface area contributed by atoms with Gasteiger partial charge in [-0.15, -0.1) is 0 Å². The van der Waals surface area contributed by atoms with E-state index < -0.39 is 0 Å². The molecule has 0 saturated carbocycles. The molecule has 0 aliphatic rings. The number of nitrogens with zero attached hydrogens (tertiary/aromatic N) is 5. The van der Waals surface area contributed by atoms with Crippen LogP contribution in [0.25, 0.3) is 72.1 Å². The molecule has 0 saturated heterocycles. The third-order valence-corrected chi connectivity index (χ3v) is 8.05. The van der Waals surface area contributed by atoms with Crippen molar-refractivity contribution in [1.29, 1.82) is 0 Å². The smallest absolute Gasteiger partial charge is 0.0994 e. The van der Waals surface area contributed by atoms with Crippen LogP contribution in [0, 0.1) is 6.92 Å². The van der Waals surface area contributed by atoms with Gasteiger partial charge in [-0.1, -0.05) is 66.7 Å². The fraction of sp³-hybridized carbons (Fsp3) is 0.0278. The lowest BCUT2D eigenvalue weighted by Gasteiger charge is -2.16. The van der Waals surface area contributed by atoms with E-state index in [4.69, 9.17) is 9.97 Å². The molecule has 194 valence electrons. The average Bonchev–Trinajstić information content (AvgIpc) is 3.55. The minimum Gasteiger partial charge on any atom is -0.307 e. The summed E-state index contributed by atoms with van der Waals surface area (Å²) in [5.74, 6) is 0. The van der Waals surface area contributed by atoms with Crippen LogP contribution in [0.1, 0.15) is 11.1 Å². The molecule has 8 rings (SSSR count). The standard InChI is InChI=1S/C36H25N5/c1-23-11-10-18-28(25(23)19-20-37-2)41-30-17-9-7-15-27(30)32-34-33(38-21-22-39-34)31-26-14-6-8-16-29(26)40(35(31)36(32)41)24-12-4-3-5-13-24/h3-22H,2H2,1H3/b20-19-. The monoisotopic (exact) mass is 527 g/mol. The molecule has 0 aliphatic carbocycles. The second-order valence-electron chi connectivity index (χ2n) is 10.2. The maximum atomic E-state index is 4.97. The van der Waals surface area contributed by atoms with Crippen molar-refractivity contribution in [2.45, 2.75) is 6.92 Å². The minimum absolute atomic E-state index is 0.901. The number of fused-ring (bicyclic) bond motifs is 10. The van der Waals surface area contributed by atoms with Gasteiger partial charge in [0.15, 0.2) is 0 Å². The van der Waals surface area contributed by atoms with Gasteiger partial charge in [-0.2, -0.15) is 0 Å². The highest BCUT2D eigenvalue weighted by atomic mass is 15.1. The topological polar surface area (TPSA) is 48.0 Å². The normalized spacial score (nSPS) is 12.0. The van der Waals surface area contributed by atoms with Crippen LogP contribution < -0.4 is 0 Å². The molecule has 0 amide bonds. The summed E-state index contributed by atoms with van der Waals surface area (Å²) in [6, 6.07) is 34.2. The summed E-state index contributed by atoms with van der Waals surface area (Å²) in [4.78, 5) is 14.0. The molecule has 5 aromatic carbocycles. The Morgan fingerprint density at radius 2 is 1.24 bits per heavy atom. The predicted molar refractivity (Wildman–Crippen MR) is 172 cm³/mol. The Morgan fingerprint density at radius 3 is 1.90 bits per heavy atom. The first kappa shape index (κ1) is 23.3. The number of aromatic nitrogens is 4. The van der Waals surface area contributed by atoms with Crippen molar-refractivity contribution in [3.63, 3.8) is 0 Å². The number of hydrogen-bond acceptors (Lipinski definition) is 3. The largest absolute Gasteiger partial charge is 0.307 e. The van der Waals surface area contributed by atoms with Crippen LogP contribution >= 0.6 is 0 Å². The molecule has 5 nitrogen and oxygen atoms in total. The van der Waals surface area contributed by atoms with E-state index >= 15 is 0 Å². The third kappa shape index (κ3) is 3.26. The van der Waals surface area contributed by atoms with Crippen LogP contribution in [0.5, 0.6) is 0 Å². The van der Waals surface area contributed by atoms with E-state index in [1.807, 2.05) is 6.08 Å². The van der Waals surface area contributed by atoms with Gasteiger partial charge in [-0.05, 0) is 55.6 Å². The summed E-state index contributed by atoms with van der Waals surface area (Å²) in [5.41, 5.74) is 10.7. The molecule has 8 aromatic rings. The van der Waals surface area contributed by atoms with E-state index in [9.17, 15) is 0 Å². The predicted octanol–water partition coefficient (Wildman–Crippen LogP) is 8.80. The average molecular weight is 528 g/mol. The van der Waals surface area contributed by atoms with E-state index in [-0.39, 0.29) is 0 Å². The Morgan fingerprint density at radius 1 is 0.659 bits per heavy atom. The fourth-order valence-corrected chi connectivity index (χ4v) is 6.41. The number of para-hydroxylation sites is 3. The zero-order valence-electron chi connectivity index (χ0n) is 22.5. The number of rotatable bonds is 4. The van der Waals surface area contributed by atoms with Crippen molar-refractivity contribution in [3.05, 3.63) is 127 Å². The summed E-state index contributed by atoms with van der Waals surface area (Å²) in [6.07, 6.45) is 7.40. The Labute approximate surface area is 236 Å². The van der Waals surface area contributed by atoms with Crippen LogP contribution in [-0.2, 0) is 0 Å². The van der Waals surface area contributed by atoms with Crippen LogP contribution in [0.3, 0.4) is 0 Å². The van der Waals surface area contributed by atoms with Crippen LogP contribution in [-0.4, -0.2) is 25.8 Å². The SMILES string of the molecule is C=N/C=C\c1c(C)cccc1-n1c2ccccc2c2c3nccnc3c3c4ccccc4n(-c4ccccc4)c3c21. The Hall–Kier alpha value is -5.55.